The van der Waals surface area contributed by atoms with Crippen molar-refractivity contribution >= 4 is 48.6 Å². The Hall–Kier alpha value is -2.00. The number of fused-ring (bicyclic) bond motifs is 5. The average molecular weight is 313 g/mol. The second-order valence-electron chi connectivity index (χ2n) is 4.56. The van der Waals surface area contributed by atoms with E-state index in [1.807, 2.05) is 36.4 Å². The molecule has 0 amide bonds. The minimum atomic E-state index is 0.235. The predicted octanol–water partition coefficient (Wildman–Crippen LogP) is 5.21. The fourth-order valence-electron chi connectivity index (χ4n) is 2.58. The number of aromatic hydroxyl groups is 1. The van der Waals surface area contributed by atoms with Gasteiger partial charge in [0.2, 0.25) is 0 Å². The van der Waals surface area contributed by atoms with Crippen LogP contribution in [0.1, 0.15) is 0 Å². The van der Waals surface area contributed by atoms with Gasteiger partial charge in [0, 0.05) is 15.2 Å². The molecule has 0 aliphatic rings. The van der Waals surface area contributed by atoms with Crippen LogP contribution < -0.4 is 0 Å². The summed E-state index contributed by atoms with van der Waals surface area (Å²) in [6.45, 7) is 0. The zero-order chi connectivity index (χ0) is 13.0. The van der Waals surface area contributed by atoms with Crippen molar-refractivity contribution in [1.29, 1.82) is 0 Å². The highest BCUT2D eigenvalue weighted by Crippen LogP contribution is 2.39. The summed E-state index contributed by atoms with van der Waals surface area (Å²) in [5.74, 6) is 0.235. The van der Waals surface area contributed by atoms with Crippen LogP contribution in [-0.2, 0) is 0 Å². The summed E-state index contributed by atoms with van der Waals surface area (Å²) < 4.78 is 6.74. The molecule has 4 rings (SSSR count). The molecule has 0 atom stereocenters. The smallest absolute Gasteiger partial charge is 0.143 e. The number of rotatable bonds is 0. The van der Waals surface area contributed by atoms with E-state index in [4.69, 9.17) is 4.42 Å². The van der Waals surface area contributed by atoms with E-state index in [0.717, 1.165) is 31.6 Å². The largest absolute Gasteiger partial charge is 0.507 e. The Morgan fingerprint density at radius 2 is 1.79 bits per heavy atom. The van der Waals surface area contributed by atoms with Crippen LogP contribution >= 0.6 is 15.9 Å². The SMILES string of the molecule is Oc1cc(Br)cc2oc3c4ccccc4ccc3c12. The second kappa shape index (κ2) is 3.75. The highest BCUT2D eigenvalue weighted by Gasteiger charge is 2.13. The van der Waals surface area contributed by atoms with E-state index >= 15 is 0 Å². The van der Waals surface area contributed by atoms with Crippen molar-refractivity contribution in [3.8, 4) is 5.75 Å². The Bertz CT molecular complexity index is 938. The van der Waals surface area contributed by atoms with Gasteiger partial charge in [0.25, 0.3) is 0 Å². The maximum absolute atomic E-state index is 10.1. The number of phenolic OH excluding ortho intramolecular Hbond substituents is 1. The van der Waals surface area contributed by atoms with Crippen LogP contribution in [0.3, 0.4) is 0 Å². The monoisotopic (exact) mass is 312 g/mol. The maximum Gasteiger partial charge on any atom is 0.143 e. The summed E-state index contributed by atoms with van der Waals surface area (Å²) in [6, 6.07) is 15.7. The predicted molar refractivity (Wildman–Crippen MR) is 80.6 cm³/mol. The van der Waals surface area contributed by atoms with E-state index in [1.54, 1.807) is 6.07 Å². The highest BCUT2D eigenvalue weighted by atomic mass is 79.9. The van der Waals surface area contributed by atoms with Crippen molar-refractivity contribution in [3.05, 3.63) is 53.0 Å². The van der Waals surface area contributed by atoms with Gasteiger partial charge >= 0.3 is 0 Å². The van der Waals surface area contributed by atoms with Gasteiger partial charge in [-0.05, 0) is 23.6 Å². The topological polar surface area (TPSA) is 33.4 Å². The molecule has 92 valence electrons. The molecule has 1 aromatic heterocycles. The second-order valence-corrected chi connectivity index (χ2v) is 5.48. The molecule has 4 aromatic rings. The summed E-state index contributed by atoms with van der Waals surface area (Å²) in [4.78, 5) is 0. The third kappa shape index (κ3) is 1.48. The summed E-state index contributed by atoms with van der Waals surface area (Å²) in [5.41, 5.74) is 1.51. The van der Waals surface area contributed by atoms with Crippen molar-refractivity contribution in [3.63, 3.8) is 0 Å². The Balaban J connectivity index is 2.31. The Morgan fingerprint density at radius 1 is 0.947 bits per heavy atom. The third-order valence-corrected chi connectivity index (χ3v) is 3.86. The first-order valence-electron chi connectivity index (χ1n) is 5.96. The van der Waals surface area contributed by atoms with Crippen molar-refractivity contribution in [2.45, 2.75) is 0 Å². The number of hydrogen-bond acceptors (Lipinski definition) is 2. The molecular weight excluding hydrogens is 304 g/mol. The van der Waals surface area contributed by atoms with Crippen LogP contribution in [0.2, 0.25) is 0 Å². The van der Waals surface area contributed by atoms with Crippen LogP contribution in [0.15, 0.2) is 57.4 Å². The molecule has 0 unspecified atom stereocenters. The number of halogens is 1. The summed E-state index contributed by atoms with van der Waals surface area (Å²) in [7, 11) is 0. The Morgan fingerprint density at radius 3 is 2.68 bits per heavy atom. The van der Waals surface area contributed by atoms with Gasteiger partial charge in [-0.25, -0.2) is 0 Å². The van der Waals surface area contributed by atoms with E-state index in [1.165, 1.54) is 0 Å². The molecule has 0 saturated carbocycles. The van der Waals surface area contributed by atoms with E-state index in [-0.39, 0.29) is 5.75 Å². The van der Waals surface area contributed by atoms with Crippen LogP contribution in [0.4, 0.5) is 0 Å². The third-order valence-electron chi connectivity index (χ3n) is 3.41. The quantitative estimate of drug-likeness (QED) is 0.483. The average Bonchev–Trinajstić information content (AvgIpc) is 2.77. The van der Waals surface area contributed by atoms with Gasteiger partial charge in [0.1, 0.15) is 16.9 Å². The molecule has 3 aromatic carbocycles. The number of phenols is 1. The lowest BCUT2D eigenvalue weighted by molar-refractivity contribution is 0.481. The van der Waals surface area contributed by atoms with E-state index in [0.29, 0.717) is 5.58 Å². The molecule has 19 heavy (non-hydrogen) atoms. The first-order valence-corrected chi connectivity index (χ1v) is 6.76. The van der Waals surface area contributed by atoms with Crippen molar-refractivity contribution < 1.29 is 9.52 Å². The molecule has 0 aliphatic carbocycles. The molecule has 0 fully saturated rings. The summed E-state index contributed by atoms with van der Waals surface area (Å²) in [6.07, 6.45) is 0. The van der Waals surface area contributed by atoms with Gasteiger partial charge in [-0.3, -0.25) is 0 Å². The van der Waals surface area contributed by atoms with Crippen LogP contribution in [-0.4, -0.2) is 5.11 Å². The highest BCUT2D eigenvalue weighted by molar-refractivity contribution is 9.10. The normalized spacial score (nSPS) is 11.6. The molecule has 0 bridgehead atoms. The fourth-order valence-corrected chi connectivity index (χ4v) is 3.00. The zero-order valence-electron chi connectivity index (χ0n) is 9.85. The standard InChI is InChI=1S/C16H9BrO2/c17-10-7-13(18)15-12-6-5-9-3-1-2-4-11(9)16(12)19-14(15)8-10/h1-8,18H. The molecule has 0 aliphatic heterocycles. The minimum Gasteiger partial charge on any atom is -0.507 e. The number of hydrogen-bond donors (Lipinski definition) is 1. The van der Waals surface area contributed by atoms with Gasteiger partial charge in [0.15, 0.2) is 0 Å². The summed E-state index contributed by atoms with van der Waals surface area (Å²) in [5, 5.41) is 14.0. The van der Waals surface area contributed by atoms with Crippen LogP contribution in [0.5, 0.6) is 5.75 Å². The molecule has 1 N–H and O–H groups in total. The molecule has 0 saturated heterocycles. The van der Waals surface area contributed by atoms with Crippen molar-refractivity contribution in [2.24, 2.45) is 0 Å². The number of benzene rings is 3. The lowest BCUT2D eigenvalue weighted by atomic mass is 10.1. The van der Waals surface area contributed by atoms with Gasteiger partial charge in [-0.15, -0.1) is 0 Å². The van der Waals surface area contributed by atoms with Gasteiger partial charge in [-0.2, -0.15) is 0 Å². The fraction of sp³-hybridized carbons (Fsp3) is 0. The molecular formula is C16H9BrO2. The van der Waals surface area contributed by atoms with E-state index in [2.05, 4.69) is 22.0 Å². The van der Waals surface area contributed by atoms with E-state index < -0.39 is 0 Å². The lowest BCUT2D eigenvalue weighted by Gasteiger charge is -1.98. The van der Waals surface area contributed by atoms with Gasteiger partial charge in [0.05, 0.1) is 5.39 Å². The Labute approximate surface area is 117 Å². The minimum absolute atomic E-state index is 0.235. The molecule has 0 radical (unpaired) electrons. The van der Waals surface area contributed by atoms with Gasteiger partial charge < -0.3 is 9.52 Å². The number of furan rings is 1. The lowest BCUT2D eigenvalue weighted by Crippen LogP contribution is -1.73. The van der Waals surface area contributed by atoms with Crippen molar-refractivity contribution in [1.82, 2.24) is 0 Å². The van der Waals surface area contributed by atoms with Crippen molar-refractivity contribution in [2.75, 3.05) is 0 Å². The first-order chi connectivity index (χ1) is 9.24. The maximum atomic E-state index is 10.1. The molecule has 3 heteroatoms. The summed E-state index contributed by atoms with van der Waals surface area (Å²) >= 11 is 3.37. The van der Waals surface area contributed by atoms with E-state index in [9.17, 15) is 5.11 Å². The van der Waals surface area contributed by atoms with Crippen LogP contribution in [0, 0.1) is 0 Å². The molecule has 2 nitrogen and oxygen atoms in total. The zero-order valence-corrected chi connectivity index (χ0v) is 11.4. The van der Waals surface area contributed by atoms with Gasteiger partial charge in [-0.1, -0.05) is 46.3 Å². The van der Waals surface area contributed by atoms with Crippen LogP contribution in [0.25, 0.3) is 32.7 Å². The Kier molecular flexibility index (Phi) is 2.15. The molecule has 0 spiro atoms. The first kappa shape index (κ1) is 10.9. The molecule has 1 heterocycles.